The summed E-state index contributed by atoms with van der Waals surface area (Å²) in [6, 6.07) is 16.7. The van der Waals surface area contributed by atoms with Gasteiger partial charge in [0.1, 0.15) is 11.2 Å². The second-order valence-electron chi connectivity index (χ2n) is 4.91. The Bertz CT molecular complexity index is 849. The fraction of sp³-hybridized carbons (Fsp3) is 0.118. The van der Waals surface area contributed by atoms with Crippen molar-refractivity contribution in [2.24, 2.45) is 0 Å². The molecule has 0 bridgehead atoms. The van der Waals surface area contributed by atoms with Gasteiger partial charge in [-0.05, 0) is 19.1 Å². The number of allylic oxidation sites excluding steroid dienone is 2. The van der Waals surface area contributed by atoms with E-state index in [1.165, 1.54) is 0 Å². The normalized spacial score (nSPS) is 12.1. The van der Waals surface area contributed by atoms with Crippen LogP contribution in [0.15, 0.2) is 60.3 Å². The molecule has 5 heteroatoms. The summed E-state index contributed by atoms with van der Waals surface area (Å²) >= 11 is 0. The van der Waals surface area contributed by atoms with Gasteiger partial charge in [0.2, 0.25) is 5.78 Å². The van der Waals surface area contributed by atoms with E-state index in [1.54, 1.807) is 23.9 Å². The number of hydrogen-bond acceptors (Lipinski definition) is 4. The van der Waals surface area contributed by atoms with E-state index in [2.05, 4.69) is 15.6 Å². The molecular weight excluding hydrogens is 276 g/mol. The molecule has 0 saturated carbocycles. The number of hydrogen-bond donors (Lipinski definition) is 1. The topological polar surface area (TPSA) is 59.8 Å². The quantitative estimate of drug-likeness (QED) is 0.593. The number of para-hydroxylation sites is 1. The van der Waals surface area contributed by atoms with Crippen molar-refractivity contribution in [1.82, 2.24) is 20.3 Å². The third-order valence-corrected chi connectivity index (χ3v) is 3.54. The average molecular weight is 292 g/mol. The van der Waals surface area contributed by atoms with Crippen molar-refractivity contribution < 1.29 is 4.79 Å². The number of rotatable bonds is 4. The van der Waals surface area contributed by atoms with Gasteiger partial charge < -0.3 is 5.32 Å². The number of nitrogens with zero attached hydrogens (tertiary/aromatic N) is 3. The zero-order valence-corrected chi connectivity index (χ0v) is 12.4. The van der Waals surface area contributed by atoms with E-state index in [0.717, 1.165) is 16.7 Å². The summed E-state index contributed by atoms with van der Waals surface area (Å²) in [5.41, 5.74) is 3.39. The lowest BCUT2D eigenvalue weighted by atomic mass is 10.1. The highest BCUT2D eigenvalue weighted by molar-refractivity contribution is 6.25. The molecule has 0 atom stereocenters. The Balaban J connectivity index is 2.19. The van der Waals surface area contributed by atoms with Crippen molar-refractivity contribution in [2.45, 2.75) is 6.92 Å². The zero-order chi connectivity index (χ0) is 15.5. The van der Waals surface area contributed by atoms with Crippen LogP contribution in [0.3, 0.4) is 0 Å². The molecule has 3 aromatic rings. The minimum Gasteiger partial charge on any atom is -0.390 e. The van der Waals surface area contributed by atoms with Gasteiger partial charge in [-0.1, -0.05) is 47.7 Å². The van der Waals surface area contributed by atoms with Crippen molar-refractivity contribution in [2.75, 3.05) is 7.05 Å². The smallest absolute Gasteiger partial charge is 0.213 e. The minimum absolute atomic E-state index is 0.0943. The van der Waals surface area contributed by atoms with Crippen LogP contribution in [-0.2, 0) is 0 Å². The molecule has 0 aliphatic carbocycles. The molecule has 1 heterocycles. The van der Waals surface area contributed by atoms with Gasteiger partial charge in [-0.3, -0.25) is 4.79 Å². The summed E-state index contributed by atoms with van der Waals surface area (Å²) in [7, 11) is 1.78. The van der Waals surface area contributed by atoms with E-state index in [1.807, 2.05) is 49.4 Å². The Hall–Kier alpha value is -2.95. The van der Waals surface area contributed by atoms with Crippen molar-refractivity contribution >= 4 is 22.5 Å². The van der Waals surface area contributed by atoms with Gasteiger partial charge in [-0.2, -0.15) is 0 Å². The van der Waals surface area contributed by atoms with Gasteiger partial charge >= 0.3 is 0 Å². The predicted molar refractivity (Wildman–Crippen MR) is 86.3 cm³/mol. The van der Waals surface area contributed by atoms with Gasteiger partial charge in [0.15, 0.2) is 0 Å². The Labute approximate surface area is 128 Å². The highest BCUT2D eigenvalue weighted by atomic mass is 16.1. The maximum atomic E-state index is 12.9. The molecule has 2 aromatic carbocycles. The number of fused-ring (bicyclic) bond motifs is 1. The second-order valence-corrected chi connectivity index (χ2v) is 4.91. The lowest BCUT2D eigenvalue weighted by Crippen LogP contribution is -2.18. The molecule has 0 aliphatic heterocycles. The summed E-state index contributed by atoms with van der Waals surface area (Å²) < 4.78 is 1.59. The number of benzene rings is 2. The molecule has 0 fully saturated rings. The number of aromatic nitrogens is 3. The summed E-state index contributed by atoms with van der Waals surface area (Å²) in [6.07, 6.45) is 0. The number of Topliss-reactive ketones (excluding diaryl/α,β-unsaturated/α-hetero) is 1. The molecule has 0 spiro atoms. The number of carbonyl (C=O) groups excluding carboxylic acids is 1. The monoisotopic (exact) mass is 292 g/mol. The molecule has 5 nitrogen and oxygen atoms in total. The van der Waals surface area contributed by atoms with Crippen LogP contribution >= 0.6 is 0 Å². The van der Waals surface area contributed by atoms with Crippen LogP contribution < -0.4 is 5.32 Å². The molecular formula is C17H16N4O. The average Bonchev–Trinajstić information content (AvgIpc) is 2.99. The number of nitrogens with one attached hydrogen (secondary N) is 1. The summed E-state index contributed by atoms with van der Waals surface area (Å²) in [5.74, 6) is -0.0943. The first-order chi connectivity index (χ1) is 10.7. The van der Waals surface area contributed by atoms with E-state index >= 15 is 0 Å². The van der Waals surface area contributed by atoms with Crippen LogP contribution in [0.4, 0.5) is 0 Å². The van der Waals surface area contributed by atoms with Crippen LogP contribution in [-0.4, -0.2) is 27.8 Å². The van der Waals surface area contributed by atoms with Crippen LogP contribution in [0.5, 0.6) is 0 Å². The van der Waals surface area contributed by atoms with Crippen molar-refractivity contribution in [3.63, 3.8) is 0 Å². The van der Waals surface area contributed by atoms with E-state index in [9.17, 15) is 4.79 Å². The van der Waals surface area contributed by atoms with Crippen molar-refractivity contribution in [3.05, 3.63) is 65.9 Å². The Morgan fingerprint density at radius 3 is 2.45 bits per heavy atom. The predicted octanol–water partition coefficient (Wildman–Crippen LogP) is 2.72. The number of ketones is 1. The first-order valence-corrected chi connectivity index (χ1v) is 7.01. The molecule has 0 aliphatic rings. The summed E-state index contributed by atoms with van der Waals surface area (Å²) in [6.45, 7) is 1.85. The third-order valence-electron chi connectivity index (χ3n) is 3.54. The molecule has 0 unspecified atom stereocenters. The maximum absolute atomic E-state index is 12.9. The molecule has 1 aromatic heterocycles. The first-order valence-electron chi connectivity index (χ1n) is 7.01. The van der Waals surface area contributed by atoms with E-state index < -0.39 is 0 Å². The van der Waals surface area contributed by atoms with Crippen LogP contribution in [0.2, 0.25) is 0 Å². The van der Waals surface area contributed by atoms with Gasteiger partial charge in [0.25, 0.3) is 0 Å². The van der Waals surface area contributed by atoms with Crippen molar-refractivity contribution in [1.29, 1.82) is 0 Å². The van der Waals surface area contributed by atoms with E-state index in [-0.39, 0.29) is 5.78 Å². The lowest BCUT2D eigenvalue weighted by Gasteiger charge is -2.11. The standard InChI is InChI=1S/C17H16N4O/c1-12(18-2)16(17(22)13-8-4-3-5-9-13)21-15-11-7-6-10-14(15)19-20-21/h3-11,18H,1-2H3/b16-12+. The van der Waals surface area contributed by atoms with Gasteiger partial charge in [0, 0.05) is 18.3 Å². The minimum atomic E-state index is -0.0943. The first kappa shape index (κ1) is 14.0. The molecule has 22 heavy (non-hydrogen) atoms. The molecule has 3 rings (SSSR count). The van der Waals surface area contributed by atoms with Gasteiger partial charge in [-0.15, -0.1) is 5.10 Å². The fourth-order valence-electron chi connectivity index (χ4n) is 2.30. The largest absolute Gasteiger partial charge is 0.390 e. The SMILES string of the molecule is CN/C(C)=C(\C(=O)c1ccccc1)n1nnc2ccccc21. The third kappa shape index (κ3) is 2.37. The zero-order valence-electron chi connectivity index (χ0n) is 12.4. The molecule has 1 N–H and O–H groups in total. The summed E-state index contributed by atoms with van der Waals surface area (Å²) in [4.78, 5) is 12.9. The molecule has 0 amide bonds. The highest BCUT2D eigenvalue weighted by Gasteiger charge is 2.20. The number of carbonyl (C=O) groups is 1. The Morgan fingerprint density at radius 2 is 1.73 bits per heavy atom. The molecule has 0 saturated heterocycles. The van der Waals surface area contributed by atoms with Crippen LogP contribution in [0.25, 0.3) is 16.7 Å². The van der Waals surface area contributed by atoms with E-state index in [4.69, 9.17) is 0 Å². The Morgan fingerprint density at radius 1 is 1.05 bits per heavy atom. The second kappa shape index (κ2) is 5.81. The Kier molecular flexibility index (Phi) is 3.70. The fourth-order valence-corrected chi connectivity index (χ4v) is 2.30. The maximum Gasteiger partial charge on any atom is 0.213 e. The van der Waals surface area contributed by atoms with Crippen molar-refractivity contribution in [3.8, 4) is 0 Å². The van der Waals surface area contributed by atoms with Gasteiger partial charge in [0.05, 0.1) is 5.52 Å². The van der Waals surface area contributed by atoms with Crippen LogP contribution in [0, 0.1) is 0 Å². The lowest BCUT2D eigenvalue weighted by molar-refractivity contribution is 0.104. The van der Waals surface area contributed by atoms with E-state index in [0.29, 0.717) is 11.3 Å². The van der Waals surface area contributed by atoms with Crippen LogP contribution in [0.1, 0.15) is 17.3 Å². The highest BCUT2D eigenvalue weighted by Crippen LogP contribution is 2.20. The van der Waals surface area contributed by atoms with Gasteiger partial charge in [-0.25, -0.2) is 4.68 Å². The molecule has 0 radical (unpaired) electrons. The molecule has 110 valence electrons. The summed E-state index contributed by atoms with van der Waals surface area (Å²) in [5, 5.41) is 11.3.